The van der Waals surface area contributed by atoms with Gasteiger partial charge < -0.3 is 25.0 Å². The third kappa shape index (κ3) is 5.89. The number of rotatable bonds is 10. The molecule has 0 unspecified atom stereocenters. The summed E-state index contributed by atoms with van der Waals surface area (Å²) < 4.78 is 12.6. The van der Waals surface area contributed by atoms with Crippen LogP contribution in [-0.2, 0) is 31.0 Å². The molecule has 7 rings (SSSR count). The number of nitrogens with zero attached hydrogens (tertiary/aromatic N) is 1. The van der Waals surface area contributed by atoms with Gasteiger partial charge in [-0.15, -0.1) is 6.58 Å². The fraction of sp³-hybridized carbons (Fsp3) is 0.279. The van der Waals surface area contributed by atoms with Crippen LogP contribution in [0.5, 0.6) is 5.75 Å². The van der Waals surface area contributed by atoms with Gasteiger partial charge in [0.1, 0.15) is 24.5 Å². The van der Waals surface area contributed by atoms with Crippen molar-refractivity contribution in [2.24, 2.45) is 5.92 Å². The smallest absolute Gasteiger partial charge is 0.324 e. The summed E-state index contributed by atoms with van der Waals surface area (Å²) in [6, 6.07) is 29.3. The standard InChI is InChI=1S/C43H40N2O7/c1-2-22-44-41(49)36-38-42(50)52-39(30-16-7-4-8-17-30)37(29-14-5-3-6-15-29)45(38)40(32-18-9-10-19-34(32)51-25-24-47)43(36)33-26-28(13-11-12-23-46)20-21-31(33)27-35(43)48/h2-10,14-21,26,36-40,46-47H,1,12,22-25,27H2,(H,44,49)/t36-,37-,38-,39+,40+,43-/m1/s1. The summed E-state index contributed by atoms with van der Waals surface area (Å²) in [6.45, 7) is 3.57. The largest absolute Gasteiger partial charge is 0.491 e. The summed E-state index contributed by atoms with van der Waals surface area (Å²) >= 11 is 0. The maximum Gasteiger partial charge on any atom is 0.324 e. The van der Waals surface area contributed by atoms with Crippen LogP contribution in [0.2, 0.25) is 0 Å². The van der Waals surface area contributed by atoms with Crippen LogP contribution >= 0.6 is 0 Å². The van der Waals surface area contributed by atoms with Crippen LogP contribution < -0.4 is 10.1 Å². The molecule has 4 aromatic rings. The molecular formula is C43H40N2O7. The molecule has 2 aliphatic heterocycles. The number of hydrogen-bond acceptors (Lipinski definition) is 8. The van der Waals surface area contributed by atoms with E-state index in [2.05, 4.69) is 23.7 Å². The average molecular weight is 697 g/mol. The molecule has 1 spiro atoms. The molecule has 9 heteroatoms. The number of ketones is 1. The molecule has 2 fully saturated rings. The molecule has 264 valence electrons. The number of fused-ring (bicyclic) bond motifs is 3. The number of aliphatic hydroxyl groups excluding tert-OH is 2. The minimum atomic E-state index is -1.60. The van der Waals surface area contributed by atoms with Crippen LogP contribution in [0.15, 0.2) is 116 Å². The number of para-hydroxylation sites is 1. The Bertz CT molecular complexity index is 2040. The van der Waals surface area contributed by atoms with Gasteiger partial charge in [-0.3, -0.25) is 19.3 Å². The van der Waals surface area contributed by atoms with E-state index in [0.717, 1.165) is 16.7 Å². The van der Waals surface area contributed by atoms with E-state index >= 15 is 4.79 Å². The Morgan fingerprint density at radius 2 is 1.65 bits per heavy atom. The fourth-order valence-electron chi connectivity index (χ4n) is 8.44. The first-order valence-corrected chi connectivity index (χ1v) is 17.5. The molecule has 1 aliphatic carbocycles. The van der Waals surface area contributed by atoms with E-state index in [0.29, 0.717) is 22.4 Å². The van der Waals surface area contributed by atoms with Gasteiger partial charge in [-0.2, -0.15) is 0 Å². The number of carbonyl (C=O) groups is 3. The molecule has 2 saturated heterocycles. The van der Waals surface area contributed by atoms with E-state index in [1.165, 1.54) is 0 Å². The van der Waals surface area contributed by atoms with Crippen molar-refractivity contribution in [2.45, 2.75) is 42.5 Å². The van der Waals surface area contributed by atoms with Crippen LogP contribution in [-0.4, -0.2) is 65.2 Å². The zero-order valence-corrected chi connectivity index (χ0v) is 28.6. The highest BCUT2D eigenvalue weighted by Crippen LogP contribution is 2.65. The van der Waals surface area contributed by atoms with Gasteiger partial charge in [-0.1, -0.05) is 103 Å². The molecule has 4 aromatic carbocycles. The summed E-state index contributed by atoms with van der Waals surface area (Å²) in [5.74, 6) is 3.97. The van der Waals surface area contributed by atoms with Gasteiger partial charge in [0.05, 0.1) is 36.6 Å². The Balaban J connectivity index is 1.58. The predicted octanol–water partition coefficient (Wildman–Crippen LogP) is 4.54. The molecule has 2 heterocycles. The van der Waals surface area contributed by atoms with E-state index in [-0.39, 0.29) is 45.0 Å². The third-order valence-electron chi connectivity index (χ3n) is 10.3. The SMILES string of the molecule is C=CCNC(=O)[C@H]1[C@@H]2C(=O)O[C@@H](c3ccccc3)[C@@H](c3ccccc3)N2[C@@H](c2ccccc2OCCO)[C@]12C(=O)Cc1ccc(C#CCCO)cc12. The molecule has 6 atom stereocenters. The van der Waals surface area contributed by atoms with Gasteiger partial charge in [0, 0.05) is 30.5 Å². The minimum Gasteiger partial charge on any atom is -0.491 e. The number of amides is 1. The van der Waals surface area contributed by atoms with Gasteiger partial charge in [0.15, 0.2) is 5.78 Å². The van der Waals surface area contributed by atoms with E-state index in [4.69, 9.17) is 9.47 Å². The van der Waals surface area contributed by atoms with Gasteiger partial charge in [0.2, 0.25) is 5.91 Å². The lowest BCUT2D eigenvalue weighted by atomic mass is 9.64. The minimum absolute atomic E-state index is 0.00463. The van der Waals surface area contributed by atoms with Crippen molar-refractivity contribution in [3.8, 4) is 17.6 Å². The highest BCUT2D eigenvalue weighted by molar-refractivity contribution is 6.06. The molecule has 3 aliphatic rings. The number of esters is 1. The Morgan fingerprint density at radius 1 is 0.942 bits per heavy atom. The van der Waals surface area contributed by atoms with Gasteiger partial charge in [0.25, 0.3) is 0 Å². The second-order valence-electron chi connectivity index (χ2n) is 13.2. The van der Waals surface area contributed by atoms with Crippen LogP contribution in [0.3, 0.4) is 0 Å². The maximum atomic E-state index is 15.2. The van der Waals surface area contributed by atoms with Gasteiger partial charge in [-0.25, -0.2) is 0 Å². The van der Waals surface area contributed by atoms with E-state index in [9.17, 15) is 19.8 Å². The molecule has 9 nitrogen and oxygen atoms in total. The first-order chi connectivity index (χ1) is 25.4. The summed E-state index contributed by atoms with van der Waals surface area (Å²) in [6.07, 6.45) is 1.07. The quantitative estimate of drug-likeness (QED) is 0.126. The molecule has 0 saturated carbocycles. The lowest BCUT2D eigenvalue weighted by Gasteiger charge is -2.46. The zero-order chi connectivity index (χ0) is 36.2. The lowest BCUT2D eigenvalue weighted by Crippen LogP contribution is -2.54. The third-order valence-corrected chi connectivity index (χ3v) is 10.3. The van der Waals surface area contributed by atoms with Crippen molar-refractivity contribution in [2.75, 3.05) is 26.4 Å². The molecule has 0 radical (unpaired) electrons. The highest BCUT2D eigenvalue weighted by Gasteiger charge is 2.73. The molecule has 3 N–H and O–H groups in total. The highest BCUT2D eigenvalue weighted by atomic mass is 16.6. The Morgan fingerprint density at radius 3 is 2.37 bits per heavy atom. The first kappa shape index (κ1) is 34.9. The first-order valence-electron chi connectivity index (χ1n) is 17.5. The van der Waals surface area contributed by atoms with Crippen molar-refractivity contribution in [3.63, 3.8) is 0 Å². The molecular weight excluding hydrogens is 656 g/mol. The number of cyclic esters (lactones) is 1. The fourth-order valence-corrected chi connectivity index (χ4v) is 8.44. The van der Waals surface area contributed by atoms with E-state index in [1.54, 1.807) is 12.1 Å². The van der Waals surface area contributed by atoms with Crippen LogP contribution in [0.4, 0.5) is 0 Å². The van der Waals surface area contributed by atoms with Crippen molar-refractivity contribution in [1.82, 2.24) is 10.2 Å². The normalized spacial score (nSPS) is 24.7. The Hall–Kier alpha value is -5.53. The number of morpholine rings is 1. The summed E-state index contributed by atoms with van der Waals surface area (Å²) in [7, 11) is 0. The van der Waals surface area contributed by atoms with Crippen LogP contribution in [0, 0.1) is 17.8 Å². The number of carbonyl (C=O) groups excluding carboxylic acids is 3. The summed E-state index contributed by atoms with van der Waals surface area (Å²) in [4.78, 5) is 46.8. The molecule has 0 aromatic heterocycles. The topological polar surface area (TPSA) is 125 Å². The van der Waals surface area contributed by atoms with Crippen molar-refractivity contribution in [1.29, 1.82) is 0 Å². The van der Waals surface area contributed by atoms with Crippen molar-refractivity contribution in [3.05, 3.63) is 149 Å². The number of Topliss-reactive ketones (excluding diaryl/α,β-unsaturated/α-hetero) is 1. The van der Waals surface area contributed by atoms with E-state index < -0.39 is 47.4 Å². The number of benzene rings is 4. The van der Waals surface area contributed by atoms with Gasteiger partial charge >= 0.3 is 5.97 Å². The number of nitrogens with one attached hydrogen (secondary N) is 1. The number of hydrogen-bond donors (Lipinski definition) is 3. The second-order valence-corrected chi connectivity index (χ2v) is 13.2. The van der Waals surface area contributed by atoms with Crippen molar-refractivity contribution >= 4 is 17.7 Å². The average Bonchev–Trinajstić information content (AvgIpc) is 3.65. The number of aliphatic hydroxyl groups is 2. The Labute approximate surface area is 302 Å². The predicted molar refractivity (Wildman–Crippen MR) is 194 cm³/mol. The van der Waals surface area contributed by atoms with E-state index in [1.807, 2.05) is 102 Å². The monoisotopic (exact) mass is 696 g/mol. The van der Waals surface area contributed by atoms with Gasteiger partial charge in [-0.05, 0) is 40.5 Å². The maximum absolute atomic E-state index is 15.2. The second kappa shape index (κ2) is 15.0. The Kier molecular flexibility index (Phi) is 10.1. The summed E-state index contributed by atoms with van der Waals surface area (Å²) in [5, 5.41) is 22.2. The van der Waals surface area contributed by atoms with Crippen molar-refractivity contribution < 1.29 is 34.1 Å². The zero-order valence-electron chi connectivity index (χ0n) is 28.6. The number of ether oxygens (including phenoxy) is 2. The molecule has 52 heavy (non-hydrogen) atoms. The lowest BCUT2D eigenvalue weighted by molar-refractivity contribution is -0.178. The molecule has 0 bridgehead atoms. The van der Waals surface area contributed by atoms with Crippen LogP contribution in [0.1, 0.15) is 58.0 Å². The molecule has 1 amide bonds. The van der Waals surface area contributed by atoms with Crippen LogP contribution in [0.25, 0.3) is 0 Å². The summed E-state index contributed by atoms with van der Waals surface area (Å²) in [5.41, 5.74) is 2.56.